The lowest BCUT2D eigenvalue weighted by molar-refractivity contribution is 0.0213. The fraction of sp³-hybridized carbons (Fsp3) is 0.571. The van der Waals surface area contributed by atoms with Crippen molar-refractivity contribution in [2.45, 2.75) is 32.4 Å². The smallest absolute Gasteiger partial charge is 0.124 e. The average Bonchev–Trinajstić information content (AvgIpc) is 2.36. The van der Waals surface area contributed by atoms with Crippen molar-refractivity contribution in [3.8, 4) is 11.5 Å². The third-order valence-corrected chi connectivity index (χ3v) is 3.09. The van der Waals surface area contributed by atoms with Crippen molar-refractivity contribution in [3.63, 3.8) is 0 Å². The van der Waals surface area contributed by atoms with Crippen molar-refractivity contribution in [3.05, 3.63) is 23.8 Å². The van der Waals surface area contributed by atoms with Gasteiger partial charge in [0.05, 0.1) is 12.7 Å². The molecule has 0 radical (unpaired) electrons. The zero-order valence-electron chi connectivity index (χ0n) is 11.8. The SMILES string of the molecule is COc1ccc(C(C)NCC(C)(C)OC)c(O)c1. The molecule has 0 heterocycles. The molecule has 1 atom stereocenters. The Hall–Kier alpha value is -1.26. The largest absolute Gasteiger partial charge is 0.507 e. The van der Waals surface area contributed by atoms with Crippen LogP contribution in [0.2, 0.25) is 0 Å². The monoisotopic (exact) mass is 253 g/mol. The number of hydrogen-bond donors (Lipinski definition) is 2. The predicted molar refractivity (Wildman–Crippen MR) is 72.2 cm³/mol. The molecule has 0 fully saturated rings. The molecule has 4 nitrogen and oxygen atoms in total. The van der Waals surface area contributed by atoms with Gasteiger partial charge in [-0.05, 0) is 26.8 Å². The zero-order valence-corrected chi connectivity index (χ0v) is 11.8. The lowest BCUT2D eigenvalue weighted by Crippen LogP contribution is -2.37. The van der Waals surface area contributed by atoms with Crippen molar-refractivity contribution >= 4 is 0 Å². The third kappa shape index (κ3) is 3.89. The van der Waals surface area contributed by atoms with Crippen LogP contribution < -0.4 is 10.1 Å². The summed E-state index contributed by atoms with van der Waals surface area (Å²) in [4.78, 5) is 0. The molecule has 0 aliphatic rings. The van der Waals surface area contributed by atoms with Gasteiger partial charge in [-0.3, -0.25) is 0 Å². The Morgan fingerprint density at radius 3 is 2.50 bits per heavy atom. The van der Waals surface area contributed by atoms with E-state index in [0.29, 0.717) is 12.3 Å². The average molecular weight is 253 g/mol. The van der Waals surface area contributed by atoms with Crippen LogP contribution in [0, 0.1) is 0 Å². The van der Waals surface area contributed by atoms with E-state index in [2.05, 4.69) is 5.32 Å². The molecule has 1 rings (SSSR count). The van der Waals surface area contributed by atoms with Crippen molar-refractivity contribution in [2.75, 3.05) is 20.8 Å². The normalized spacial score (nSPS) is 13.4. The lowest BCUT2D eigenvalue weighted by atomic mass is 10.0. The molecular formula is C14H23NO3. The molecule has 0 aromatic heterocycles. The van der Waals surface area contributed by atoms with Gasteiger partial charge in [-0.1, -0.05) is 6.07 Å². The number of aromatic hydroxyl groups is 1. The van der Waals surface area contributed by atoms with Gasteiger partial charge in [0.1, 0.15) is 11.5 Å². The first kappa shape index (κ1) is 14.8. The Balaban J connectivity index is 2.70. The molecule has 0 aliphatic heterocycles. The van der Waals surface area contributed by atoms with E-state index < -0.39 is 0 Å². The van der Waals surface area contributed by atoms with Gasteiger partial charge in [0.15, 0.2) is 0 Å². The number of nitrogens with one attached hydrogen (secondary N) is 1. The van der Waals surface area contributed by atoms with Crippen LogP contribution in [0.15, 0.2) is 18.2 Å². The molecule has 102 valence electrons. The van der Waals surface area contributed by atoms with E-state index in [9.17, 15) is 5.11 Å². The van der Waals surface area contributed by atoms with E-state index in [4.69, 9.17) is 9.47 Å². The molecule has 0 aliphatic carbocycles. The van der Waals surface area contributed by atoms with Crippen LogP contribution in [0.3, 0.4) is 0 Å². The van der Waals surface area contributed by atoms with Gasteiger partial charge in [0, 0.05) is 31.3 Å². The quantitative estimate of drug-likeness (QED) is 0.817. The van der Waals surface area contributed by atoms with Gasteiger partial charge in [0.2, 0.25) is 0 Å². The summed E-state index contributed by atoms with van der Waals surface area (Å²) >= 11 is 0. The summed E-state index contributed by atoms with van der Waals surface area (Å²) in [5, 5.41) is 13.3. The summed E-state index contributed by atoms with van der Waals surface area (Å²) in [6, 6.07) is 5.38. The number of phenols is 1. The maximum absolute atomic E-state index is 9.93. The highest BCUT2D eigenvalue weighted by Crippen LogP contribution is 2.28. The molecule has 1 aromatic carbocycles. The number of benzene rings is 1. The first-order valence-electron chi connectivity index (χ1n) is 6.05. The Labute approximate surface area is 109 Å². The van der Waals surface area contributed by atoms with E-state index in [1.807, 2.05) is 32.9 Å². The Morgan fingerprint density at radius 2 is 2.00 bits per heavy atom. The summed E-state index contributed by atoms with van der Waals surface area (Å²) in [5.74, 6) is 0.894. The minimum absolute atomic E-state index is 0.0466. The molecule has 0 saturated heterocycles. The molecule has 2 N–H and O–H groups in total. The highest BCUT2D eigenvalue weighted by molar-refractivity contribution is 5.41. The number of ether oxygens (including phenoxy) is 2. The molecule has 1 aromatic rings. The Bertz CT molecular complexity index is 391. The Kier molecular flexibility index (Phi) is 4.99. The molecule has 0 amide bonds. The van der Waals surface area contributed by atoms with Gasteiger partial charge in [-0.2, -0.15) is 0 Å². The van der Waals surface area contributed by atoms with Crippen molar-refractivity contribution in [1.82, 2.24) is 5.32 Å². The summed E-state index contributed by atoms with van der Waals surface area (Å²) < 4.78 is 10.4. The number of methoxy groups -OCH3 is 2. The molecule has 4 heteroatoms. The molecule has 0 saturated carbocycles. The second-order valence-corrected chi connectivity index (χ2v) is 4.99. The minimum atomic E-state index is -0.226. The molecule has 18 heavy (non-hydrogen) atoms. The summed E-state index contributed by atoms with van der Waals surface area (Å²) in [6.07, 6.45) is 0. The van der Waals surface area contributed by atoms with Crippen LogP contribution in [0.4, 0.5) is 0 Å². The Morgan fingerprint density at radius 1 is 1.33 bits per heavy atom. The van der Waals surface area contributed by atoms with Gasteiger partial charge in [-0.25, -0.2) is 0 Å². The fourth-order valence-electron chi connectivity index (χ4n) is 1.60. The second-order valence-electron chi connectivity index (χ2n) is 4.99. The van der Waals surface area contributed by atoms with Crippen LogP contribution in [-0.2, 0) is 4.74 Å². The summed E-state index contributed by atoms with van der Waals surface area (Å²) in [7, 11) is 3.27. The van der Waals surface area contributed by atoms with E-state index in [1.54, 1.807) is 20.3 Å². The van der Waals surface area contributed by atoms with Crippen LogP contribution in [-0.4, -0.2) is 31.5 Å². The highest BCUT2D eigenvalue weighted by atomic mass is 16.5. The minimum Gasteiger partial charge on any atom is -0.507 e. The number of rotatable bonds is 6. The van der Waals surface area contributed by atoms with Crippen LogP contribution >= 0.6 is 0 Å². The highest BCUT2D eigenvalue weighted by Gasteiger charge is 2.18. The van der Waals surface area contributed by atoms with Crippen molar-refractivity contribution < 1.29 is 14.6 Å². The molecular weight excluding hydrogens is 230 g/mol. The predicted octanol–water partition coefficient (Wildman–Crippen LogP) is 2.48. The topological polar surface area (TPSA) is 50.7 Å². The third-order valence-electron chi connectivity index (χ3n) is 3.09. The van der Waals surface area contributed by atoms with Gasteiger partial charge < -0.3 is 19.9 Å². The van der Waals surface area contributed by atoms with Crippen molar-refractivity contribution in [1.29, 1.82) is 0 Å². The number of phenolic OH excluding ortho intramolecular Hbond substituents is 1. The molecule has 0 spiro atoms. The van der Waals surface area contributed by atoms with Crippen LogP contribution in [0.5, 0.6) is 11.5 Å². The lowest BCUT2D eigenvalue weighted by Gasteiger charge is -2.26. The second kappa shape index (κ2) is 6.07. The summed E-state index contributed by atoms with van der Waals surface area (Å²) in [6.45, 7) is 6.74. The van der Waals surface area contributed by atoms with Gasteiger partial charge in [-0.15, -0.1) is 0 Å². The molecule has 1 unspecified atom stereocenters. The van der Waals surface area contributed by atoms with Crippen LogP contribution in [0.25, 0.3) is 0 Å². The zero-order chi connectivity index (χ0) is 13.8. The summed E-state index contributed by atoms with van der Waals surface area (Å²) in [5.41, 5.74) is 0.624. The molecule has 0 bridgehead atoms. The standard InChI is InChI=1S/C14H23NO3/c1-10(15-9-14(2,3)18-5)12-7-6-11(17-4)8-13(12)16/h6-8,10,15-16H,9H2,1-5H3. The van der Waals surface area contributed by atoms with Gasteiger partial charge >= 0.3 is 0 Å². The van der Waals surface area contributed by atoms with Gasteiger partial charge in [0.25, 0.3) is 0 Å². The first-order chi connectivity index (χ1) is 8.39. The van der Waals surface area contributed by atoms with E-state index in [-0.39, 0.29) is 17.4 Å². The number of hydrogen-bond acceptors (Lipinski definition) is 4. The van der Waals surface area contributed by atoms with E-state index in [0.717, 1.165) is 5.56 Å². The maximum atomic E-state index is 9.93. The maximum Gasteiger partial charge on any atom is 0.124 e. The van der Waals surface area contributed by atoms with E-state index >= 15 is 0 Å². The van der Waals surface area contributed by atoms with Crippen molar-refractivity contribution in [2.24, 2.45) is 0 Å². The fourth-order valence-corrected chi connectivity index (χ4v) is 1.60. The first-order valence-corrected chi connectivity index (χ1v) is 6.05. The van der Waals surface area contributed by atoms with Crippen LogP contribution in [0.1, 0.15) is 32.4 Å². The van der Waals surface area contributed by atoms with E-state index in [1.165, 1.54) is 0 Å².